The monoisotopic (exact) mass is 356 g/mol. The number of amides is 2. The molecule has 1 aliphatic heterocycles. The molecule has 3 rings (SSSR count). The van der Waals surface area contributed by atoms with Crippen LogP contribution < -0.4 is 10.1 Å². The van der Waals surface area contributed by atoms with Crippen molar-refractivity contribution in [1.29, 1.82) is 0 Å². The number of benzene rings is 1. The van der Waals surface area contributed by atoms with E-state index in [0.29, 0.717) is 30.6 Å². The first-order valence-corrected chi connectivity index (χ1v) is 9.40. The molecule has 0 spiro atoms. The highest BCUT2D eigenvalue weighted by molar-refractivity contribution is 5.91. The molecule has 6 nitrogen and oxygen atoms in total. The van der Waals surface area contributed by atoms with Crippen molar-refractivity contribution in [2.45, 2.75) is 45.6 Å². The number of likely N-dealkylation sites (tertiary alicyclic amines) is 1. The number of piperidine rings is 1. The number of ether oxygens (including phenoxy) is 1. The Hall–Kier alpha value is -2.50. The van der Waals surface area contributed by atoms with Gasteiger partial charge in [0.25, 0.3) is 0 Å². The van der Waals surface area contributed by atoms with Gasteiger partial charge in [-0.15, -0.1) is 0 Å². The molecule has 2 heterocycles. The second-order valence-corrected chi connectivity index (χ2v) is 6.93. The summed E-state index contributed by atoms with van der Waals surface area (Å²) in [5.74, 6) is 2.05. The quantitative estimate of drug-likeness (QED) is 0.870. The summed E-state index contributed by atoms with van der Waals surface area (Å²) in [6.45, 7) is 8.27. The van der Waals surface area contributed by atoms with Gasteiger partial charge in [0.15, 0.2) is 0 Å². The molecule has 0 aliphatic carbocycles. The number of carbonyl (C=O) groups is 1. The van der Waals surface area contributed by atoms with Crippen molar-refractivity contribution < 1.29 is 9.53 Å². The van der Waals surface area contributed by atoms with Crippen LogP contribution >= 0.6 is 0 Å². The normalized spacial score (nSPS) is 17.4. The van der Waals surface area contributed by atoms with Gasteiger partial charge in [-0.3, -0.25) is 0 Å². The predicted octanol–water partition coefficient (Wildman–Crippen LogP) is 4.27. The minimum absolute atomic E-state index is 0.0792. The van der Waals surface area contributed by atoms with E-state index in [1.165, 1.54) is 0 Å². The molecule has 2 amide bonds. The van der Waals surface area contributed by atoms with Crippen LogP contribution in [0.25, 0.3) is 0 Å². The Morgan fingerprint density at radius 2 is 2.19 bits per heavy atom. The maximum absolute atomic E-state index is 12.8. The zero-order valence-electron chi connectivity index (χ0n) is 15.8. The highest BCUT2D eigenvalue weighted by atomic mass is 16.5. The third-order valence-corrected chi connectivity index (χ3v) is 4.76. The van der Waals surface area contributed by atoms with Crippen LogP contribution in [0.4, 0.5) is 10.5 Å². The fourth-order valence-electron chi connectivity index (χ4n) is 3.50. The van der Waals surface area contributed by atoms with Gasteiger partial charge in [0, 0.05) is 37.4 Å². The number of aromatic nitrogens is 2. The standard InChI is InChI=1S/C20H28N4O2/c1-4-26-18-10-6-5-9-17(18)22-20(25)23-12-7-8-16(14-23)19-21-11-13-24(19)15(2)3/h5-6,9-11,13,15-16H,4,7-8,12,14H2,1-3H3,(H,22,25)/t16-/m0/s1. The van der Waals surface area contributed by atoms with Crippen molar-refractivity contribution in [2.24, 2.45) is 0 Å². The summed E-state index contributed by atoms with van der Waals surface area (Å²) >= 11 is 0. The lowest BCUT2D eigenvalue weighted by molar-refractivity contribution is 0.190. The second-order valence-electron chi connectivity index (χ2n) is 6.93. The minimum Gasteiger partial charge on any atom is -0.492 e. The molecule has 2 aromatic rings. The van der Waals surface area contributed by atoms with Crippen LogP contribution in [0.5, 0.6) is 5.75 Å². The fraction of sp³-hybridized carbons (Fsp3) is 0.500. The molecular formula is C20H28N4O2. The SMILES string of the molecule is CCOc1ccccc1NC(=O)N1CCC[C@H](c2nccn2C(C)C)C1. The summed E-state index contributed by atoms with van der Waals surface area (Å²) in [5.41, 5.74) is 0.713. The van der Waals surface area contributed by atoms with Crippen molar-refractivity contribution >= 4 is 11.7 Å². The van der Waals surface area contributed by atoms with Gasteiger partial charge >= 0.3 is 6.03 Å². The lowest BCUT2D eigenvalue weighted by atomic mass is 9.97. The molecule has 140 valence electrons. The molecule has 1 aromatic carbocycles. The number of hydrogen-bond acceptors (Lipinski definition) is 3. The summed E-state index contributed by atoms with van der Waals surface area (Å²) < 4.78 is 7.81. The van der Waals surface area contributed by atoms with Crippen molar-refractivity contribution in [3.05, 3.63) is 42.5 Å². The van der Waals surface area contributed by atoms with E-state index in [1.807, 2.05) is 48.5 Å². The zero-order valence-corrected chi connectivity index (χ0v) is 15.8. The van der Waals surface area contributed by atoms with Crippen LogP contribution in [0.15, 0.2) is 36.7 Å². The number of nitrogens with zero attached hydrogens (tertiary/aromatic N) is 3. The van der Waals surface area contributed by atoms with Gasteiger partial charge in [0.1, 0.15) is 11.6 Å². The van der Waals surface area contributed by atoms with E-state index in [4.69, 9.17) is 4.74 Å². The molecule has 0 radical (unpaired) electrons. The van der Waals surface area contributed by atoms with Gasteiger partial charge in [-0.2, -0.15) is 0 Å². The molecule has 1 fully saturated rings. The average Bonchev–Trinajstić information content (AvgIpc) is 3.14. The van der Waals surface area contributed by atoms with E-state index in [0.717, 1.165) is 25.2 Å². The molecule has 1 saturated heterocycles. The number of para-hydroxylation sites is 2. The first kappa shape index (κ1) is 18.3. The van der Waals surface area contributed by atoms with Crippen LogP contribution in [0.1, 0.15) is 51.4 Å². The molecule has 26 heavy (non-hydrogen) atoms. The summed E-state index contributed by atoms with van der Waals surface area (Å²) in [6, 6.07) is 7.84. The maximum Gasteiger partial charge on any atom is 0.321 e. The van der Waals surface area contributed by atoms with Crippen LogP contribution in [0, 0.1) is 0 Å². The van der Waals surface area contributed by atoms with Gasteiger partial charge in [-0.25, -0.2) is 9.78 Å². The van der Waals surface area contributed by atoms with Crippen molar-refractivity contribution in [1.82, 2.24) is 14.5 Å². The number of imidazole rings is 1. The Balaban J connectivity index is 1.70. The number of carbonyl (C=O) groups excluding carboxylic acids is 1. The molecule has 0 saturated carbocycles. The lowest BCUT2D eigenvalue weighted by Crippen LogP contribution is -2.42. The van der Waals surface area contributed by atoms with Crippen LogP contribution in [0.3, 0.4) is 0 Å². The number of anilines is 1. The van der Waals surface area contributed by atoms with Crippen LogP contribution in [-0.2, 0) is 0 Å². The smallest absolute Gasteiger partial charge is 0.321 e. The summed E-state index contributed by atoms with van der Waals surface area (Å²) in [7, 11) is 0. The van der Waals surface area contributed by atoms with Crippen LogP contribution in [0.2, 0.25) is 0 Å². The first-order valence-electron chi connectivity index (χ1n) is 9.40. The number of hydrogen-bond donors (Lipinski definition) is 1. The van der Waals surface area contributed by atoms with E-state index in [1.54, 1.807) is 0 Å². The molecule has 1 aliphatic rings. The van der Waals surface area contributed by atoms with E-state index >= 15 is 0 Å². The second kappa shape index (κ2) is 8.25. The minimum atomic E-state index is -0.0792. The van der Waals surface area contributed by atoms with Gasteiger partial charge < -0.3 is 19.5 Å². The third-order valence-electron chi connectivity index (χ3n) is 4.76. The number of urea groups is 1. The van der Waals surface area contributed by atoms with E-state index in [2.05, 4.69) is 28.7 Å². The topological polar surface area (TPSA) is 59.4 Å². The molecule has 6 heteroatoms. The van der Waals surface area contributed by atoms with E-state index in [9.17, 15) is 4.79 Å². The van der Waals surface area contributed by atoms with Crippen molar-refractivity contribution in [3.8, 4) is 5.75 Å². The average molecular weight is 356 g/mol. The van der Waals surface area contributed by atoms with E-state index in [-0.39, 0.29) is 11.9 Å². The highest BCUT2D eigenvalue weighted by Crippen LogP contribution is 2.29. The van der Waals surface area contributed by atoms with Gasteiger partial charge in [0.05, 0.1) is 12.3 Å². The predicted molar refractivity (Wildman–Crippen MR) is 103 cm³/mol. The van der Waals surface area contributed by atoms with Crippen LogP contribution in [-0.4, -0.2) is 40.2 Å². The largest absolute Gasteiger partial charge is 0.492 e. The van der Waals surface area contributed by atoms with Gasteiger partial charge in [-0.05, 0) is 45.7 Å². The molecule has 0 unspecified atom stereocenters. The number of rotatable bonds is 5. The maximum atomic E-state index is 12.8. The molecule has 1 aromatic heterocycles. The van der Waals surface area contributed by atoms with Gasteiger partial charge in [0.2, 0.25) is 0 Å². The van der Waals surface area contributed by atoms with Crippen molar-refractivity contribution in [3.63, 3.8) is 0 Å². The fourth-order valence-corrected chi connectivity index (χ4v) is 3.50. The summed E-state index contributed by atoms with van der Waals surface area (Å²) in [4.78, 5) is 19.2. The molecular weight excluding hydrogens is 328 g/mol. The molecule has 1 atom stereocenters. The Morgan fingerprint density at radius 1 is 1.38 bits per heavy atom. The zero-order chi connectivity index (χ0) is 18.5. The third kappa shape index (κ3) is 4.00. The Bertz CT molecular complexity index is 741. The summed E-state index contributed by atoms with van der Waals surface area (Å²) in [5, 5.41) is 3.00. The van der Waals surface area contributed by atoms with Gasteiger partial charge in [-0.1, -0.05) is 12.1 Å². The first-order chi connectivity index (χ1) is 12.6. The Morgan fingerprint density at radius 3 is 2.96 bits per heavy atom. The molecule has 1 N–H and O–H groups in total. The molecule has 0 bridgehead atoms. The van der Waals surface area contributed by atoms with E-state index < -0.39 is 0 Å². The van der Waals surface area contributed by atoms with Crippen molar-refractivity contribution in [2.75, 3.05) is 25.0 Å². The summed E-state index contributed by atoms with van der Waals surface area (Å²) in [6.07, 6.45) is 5.92. The Kier molecular flexibility index (Phi) is 5.81. The lowest BCUT2D eigenvalue weighted by Gasteiger charge is -2.33. The number of nitrogens with one attached hydrogen (secondary N) is 1. The Labute approximate surface area is 155 Å². The highest BCUT2D eigenvalue weighted by Gasteiger charge is 2.28.